The van der Waals surface area contributed by atoms with Crippen molar-refractivity contribution in [2.24, 2.45) is 0 Å². The van der Waals surface area contributed by atoms with E-state index in [1.807, 2.05) is 66.7 Å². The number of rotatable bonds is 9. The molecule has 0 bridgehead atoms. The van der Waals surface area contributed by atoms with E-state index >= 15 is 0 Å². The molecule has 0 aliphatic carbocycles. The monoisotopic (exact) mass is 580 g/mol. The van der Waals surface area contributed by atoms with Crippen LogP contribution in [0, 0.1) is 0 Å². The van der Waals surface area contributed by atoms with Gasteiger partial charge in [0, 0.05) is 29.0 Å². The van der Waals surface area contributed by atoms with E-state index in [0.717, 1.165) is 22.2 Å². The standard InChI is InChI=1S/C25H22N6O5P2S/c32-37(33)31(38(34,35)36)39-20-13-18(14-26-16-20)24-29-22-11-6-10-21(17-7-2-1-3-8-17)23(22)25(30-24)28-15-19-9-4-5-12-27-19/h1-14,16,32-33H,15H2,(H,28,29,30)(H2,34,35,36). The zero-order valence-electron chi connectivity index (χ0n) is 20.1. The van der Waals surface area contributed by atoms with Gasteiger partial charge in [0.25, 0.3) is 8.53 Å². The van der Waals surface area contributed by atoms with Crippen LogP contribution in [0.2, 0.25) is 0 Å². The highest BCUT2D eigenvalue weighted by molar-refractivity contribution is 8.05. The van der Waals surface area contributed by atoms with Crippen molar-refractivity contribution in [3.63, 3.8) is 0 Å². The SMILES string of the molecule is O=P(O)(O)N(Sc1cncc(-c2nc(NCc3ccccn3)c3c(-c4ccccc4)cccc3n2)c1)P(O)O. The molecule has 0 aliphatic heterocycles. The van der Waals surface area contributed by atoms with Gasteiger partial charge in [0.15, 0.2) is 5.82 Å². The molecule has 2 aromatic carbocycles. The van der Waals surface area contributed by atoms with Crippen LogP contribution in [-0.4, -0.2) is 43.4 Å². The first-order chi connectivity index (χ1) is 18.8. The molecule has 3 aromatic heterocycles. The minimum atomic E-state index is -4.95. The molecule has 0 amide bonds. The molecule has 5 N–H and O–H groups in total. The van der Waals surface area contributed by atoms with Crippen LogP contribution in [0.4, 0.5) is 5.82 Å². The molecule has 14 heteroatoms. The second-order valence-corrected chi connectivity index (χ2v) is 12.4. The zero-order valence-corrected chi connectivity index (χ0v) is 22.7. The minimum Gasteiger partial charge on any atom is -0.364 e. The van der Waals surface area contributed by atoms with E-state index in [4.69, 9.17) is 9.97 Å². The van der Waals surface area contributed by atoms with Crippen molar-refractivity contribution < 1.29 is 24.1 Å². The Labute approximate surface area is 229 Å². The molecule has 0 fully saturated rings. The predicted molar refractivity (Wildman–Crippen MR) is 151 cm³/mol. The summed E-state index contributed by atoms with van der Waals surface area (Å²) in [5, 5.41) is 4.21. The molecule has 5 aromatic rings. The Hall–Kier alpha value is -3.31. The van der Waals surface area contributed by atoms with Gasteiger partial charge in [-0.3, -0.25) is 9.97 Å². The van der Waals surface area contributed by atoms with Gasteiger partial charge in [-0.05, 0) is 47.3 Å². The second kappa shape index (κ2) is 11.8. The lowest BCUT2D eigenvalue weighted by Gasteiger charge is -2.21. The van der Waals surface area contributed by atoms with Gasteiger partial charge in [-0.15, -0.1) is 0 Å². The molecule has 0 aliphatic rings. The van der Waals surface area contributed by atoms with Crippen molar-refractivity contribution in [1.29, 1.82) is 0 Å². The quantitative estimate of drug-likeness (QED) is 0.117. The molecule has 3 heterocycles. The first kappa shape index (κ1) is 27.3. The Morgan fingerprint density at radius 1 is 0.923 bits per heavy atom. The Bertz CT molecular complexity index is 1640. The van der Waals surface area contributed by atoms with Gasteiger partial charge in [0.05, 0.1) is 23.1 Å². The van der Waals surface area contributed by atoms with Crippen LogP contribution in [0.15, 0.2) is 96.3 Å². The molecule has 198 valence electrons. The number of anilines is 1. The molecule has 0 spiro atoms. The molecule has 0 saturated carbocycles. The third-order valence-corrected chi connectivity index (χ3v) is 9.60. The maximum Gasteiger partial charge on any atom is 0.420 e. The van der Waals surface area contributed by atoms with Gasteiger partial charge in [-0.2, -0.15) is 0 Å². The van der Waals surface area contributed by atoms with Gasteiger partial charge in [0.1, 0.15) is 5.82 Å². The Balaban J connectivity index is 1.60. The van der Waals surface area contributed by atoms with Crippen molar-refractivity contribution in [1.82, 2.24) is 23.8 Å². The van der Waals surface area contributed by atoms with Crippen LogP contribution in [0.25, 0.3) is 33.4 Å². The minimum absolute atomic E-state index is 0.232. The van der Waals surface area contributed by atoms with E-state index in [2.05, 4.69) is 15.3 Å². The van der Waals surface area contributed by atoms with E-state index in [9.17, 15) is 24.1 Å². The Morgan fingerprint density at radius 3 is 2.44 bits per heavy atom. The third-order valence-electron chi connectivity index (χ3n) is 5.51. The number of fused-ring (bicyclic) bond motifs is 1. The van der Waals surface area contributed by atoms with Gasteiger partial charge >= 0.3 is 7.75 Å². The summed E-state index contributed by atoms with van der Waals surface area (Å²) in [7, 11) is -8.01. The van der Waals surface area contributed by atoms with Crippen LogP contribution in [0.3, 0.4) is 0 Å². The number of hydrogen-bond acceptors (Lipinski definition) is 9. The Morgan fingerprint density at radius 2 is 1.72 bits per heavy atom. The highest BCUT2D eigenvalue weighted by Crippen LogP contribution is 2.59. The lowest BCUT2D eigenvalue weighted by atomic mass is 10.0. The van der Waals surface area contributed by atoms with Gasteiger partial charge < -0.3 is 24.9 Å². The molecule has 5 rings (SSSR count). The number of aromatic nitrogens is 4. The molecule has 11 nitrogen and oxygen atoms in total. The molecule has 0 saturated heterocycles. The van der Waals surface area contributed by atoms with Crippen molar-refractivity contribution in [3.05, 3.63) is 97.1 Å². The van der Waals surface area contributed by atoms with Crippen molar-refractivity contribution in [3.8, 4) is 22.5 Å². The van der Waals surface area contributed by atoms with Gasteiger partial charge in [0.2, 0.25) is 0 Å². The Kier molecular flexibility index (Phi) is 8.27. The summed E-state index contributed by atoms with van der Waals surface area (Å²) in [4.78, 5) is 56.3. The van der Waals surface area contributed by atoms with E-state index in [1.165, 1.54) is 12.4 Å². The smallest absolute Gasteiger partial charge is 0.364 e. The first-order valence-corrected chi connectivity index (χ1v) is 15.0. The first-order valence-electron chi connectivity index (χ1n) is 11.5. The lowest BCUT2D eigenvalue weighted by molar-refractivity contribution is 0.340. The summed E-state index contributed by atoms with van der Waals surface area (Å²) in [5.41, 5.74) is 3.92. The topological polar surface area (TPSA) is 165 Å². The number of pyridine rings is 2. The summed E-state index contributed by atoms with van der Waals surface area (Å²) in [6.45, 7) is 0.414. The number of nitrogens with zero attached hydrogens (tertiary/aromatic N) is 5. The lowest BCUT2D eigenvalue weighted by Crippen LogP contribution is -2.06. The van der Waals surface area contributed by atoms with Crippen LogP contribution in [-0.2, 0) is 11.1 Å². The highest BCUT2D eigenvalue weighted by Gasteiger charge is 2.33. The number of hydrogen-bond donors (Lipinski definition) is 5. The molecule has 0 radical (unpaired) electrons. The summed E-state index contributed by atoms with van der Waals surface area (Å²) >= 11 is 0.485. The third kappa shape index (κ3) is 6.47. The maximum atomic E-state index is 11.7. The number of nitrogens with one attached hydrogen (secondary N) is 1. The van der Waals surface area contributed by atoms with E-state index in [0.29, 0.717) is 41.2 Å². The maximum absolute atomic E-state index is 11.7. The highest BCUT2D eigenvalue weighted by atomic mass is 32.2. The molecule has 0 unspecified atom stereocenters. The van der Waals surface area contributed by atoms with Crippen LogP contribution in [0.1, 0.15) is 5.69 Å². The van der Waals surface area contributed by atoms with Crippen LogP contribution >= 0.6 is 28.2 Å². The van der Waals surface area contributed by atoms with E-state index in [1.54, 1.807) is 12.3 Å². The van der Waals surface area contributed by atoms with Gasteiger partial charge in [-0.25, -0.2) is 14.5 Å². The fourth-order valence-corrected chi connectivity index (χ4v) is 6.45. The largest absolute Gasteiger partial charge is 0.420 e. The average molecular weight is 581 g/mol. The predicted octanol–water partition coefficient (Wildman–Crippen LogP) is 4.98. The summed E-state index contributed by atoms with van der Waals surface area (Å²) in [6.07, 6.45) is 4.60. The second-order valence-electron chi connectivity index (χ2n) is 8.17. The summed E-state index contributed by atoms with van der Waals surface area (Å²) in [6, 6.07) is 22.9. The average Bonchev–Trinajstić information content (AvgIpc) is 2.94. The zero-order chi connectivity index (χ0) is 27.4. The number of benzene rings is 2. The normalized spacial score (nSPS) is 11.8. The molecule has 0 atom stereocenters. The summed E-state index contributed by atoms with van der Waals surface area (Å²) in [5.74, 6) is 0.897. The van der Waals surface area contributed by atoms with E-state index < -0.39 is 16.3 Å². The molecular formula is C25H22N6O5P2S. The van der Waals surface area contributed by atoms with Crippen molar-refractivity contribution in [2.45, 2.75) is 11.4 Å². The molecule has 39 heavy (non-hydrogen) atoms. The fourth-order valence-electron chi connectivity index (χ4n) is 3.85. The van der Waals surface area contributed by atoms with Gasteiger partial charge in [-0.1, -0.05) is 52.4 Å². The van der Waals surface area contributed by atoms with Crippen molar-refractivity contribution in [2.75, 3.05) is 5.32 Å². The van der Waals surface area contributed by atoms with Crippen molar-refractivity contribution >= 4 is 44.9 Å². The van der Waals surface area contributed by atoms with E-state index in [-0.39, 0.29) is 8.74 Å². The van der Waals surface area contributed by atoms with Crippen LogP contribution < -0.4 is 5.32 Å². The summed E-state index contributed by atoms with van der Waals surface area (Å²) < 4.78 is 11.9. The fraction of sp³-hybridized carbons (Fsp3) is 0.0400. The van der Waals surface area contributed by atoms with Crippen LogP contribution in [0.5, 0.6) is 0 Å². The molecular weight excluding hydrogens is 558 g/mol.